The Kier molecular flexibility index (Phi) is 8.85. The van der Waals surface area contributed by atoms with Crippen LogP contribution in [0.15, 0.2) is 77.7 Å². The van der Waals surface area contributed by atoms with Gasteiger partial charge < -0.3 is 15.4 Å². The smallest absolute Gasteiger partial charge is 0.262 e. The number of halogens is 2. The zero-order chi connectivity index (χ0) is 22.9. The molecule has 3 aromatic rings. The van der Waals surface area contributed by atoms with Crippen LogP contribution in [0, 0.1) is 0 Å². The molecule has 3 rings (SSSR count). The second-order valence-corrected chi connectivity index (χ2v) is 8.93. The first-order valence-corrected chi connectivity index (χ1v) is 11.6. The highest BCUT2D eigenvalue weighted by Gasteiger charge is 2.19. The van der Waals surface area contributed by atoms with Gasteiger partial charge >= 0.3 is 0 Å². The van der Waals surface area contributed by atoms with E-state index >= 15 is 0 Å². The second kappa shape index (κ2) is 11.8. The van der Waals surface area contributed by atoms with Gasteiger partial charge in [0.1, 0.15) is 5.75 Å². The van der Waals surface area contributed by atoms with E-state index in [2.05, 4.69) is 10.6 Å². The van der Waals surface area contributed by atoms with Gasteiger partial charge in [-0.25, -0.2) is 0 Å². The minimum Gasteiger partial charge on any atom is -0.484 e. The molecule has 0 radical (unpaired) electrons. The molecule has 32 heavy (non-hydrogen) atoms. The van der Waals surface area contributed by atoms with Gasteiger partial charge in [0.15, 0.2) is 6.61 Å². The van der Waals surface area contributed by atoms with Crippen molar-refractivity contribution in [2.75, 3.05) is 17.2 Å². The largest absolute Gasteiger partial charge is 0.484 e. The van der Waals surface area contributed by atoms with Gasteiger partial charge in [0.2, 0.25) is 5.91 Å². The van der Waals surface area contributed by atoms with E-state index in [4.69, 9.17) is 27.9 Å². The molecule has 0 aromatic heterocycles. The van der Waals surface area contributed by atoms with Gasteiger partial charge in [-0.05, 0) is 55.0 Å². The van der Waals surface area contributed by atoms with Gasteiger partial charge in [0.05, 0.1) is 16.0 Å². The van der Waals surface area contributed by atoms with Crippen molar-refractivity contribution >= 4 is 58.2 Å². The first-order chi connectivity index (χ1) is 15.4. The Balaban J connectivity index is 1.58. The van der Waals surface area contributed by atoms with Crippen LogP contribution < -0.4 is 15.4 Å². The number of nitrogens with one attached hydrogen (secondary N) is 2. The van der Waals surface area contributed by atoms with Gasteiger partial charge in [-0.3, -0.25) is 9.59 Å². The monoisotopic (exact) mass is 488 g/mol. The van der Waals surface area contributed by atoms with Gasteiger partial charge in [-0.1, -0.05) is 54.4 Å². The number of amides is 2. The fraction of sp³-hybridized carbons (Fsp3) is 0.167. The molecule has 1 unspecified atom stereocenters. The number of carbonyl (C=O) groups excluding carboxylic acids is 2. The summed E-state index contributed by atoms with van der Waals surface area (Å²) in [5.74, 6) is 0.204. The molecule has 0 saturated carbocycles. The van der Waals surface area contributed by atoms with E-state index < -0.39 is 0 Å². The van der Waals surface area contributed by atoms with Crippen molar-refractivity contribution in [2.45, 2.75) is 23.5 Å². The van der Waals surface area contributed by atoms with E-state index in [1.807, 2.05) is 43.3 Å². The van der Waals surface area contributed by atoms with Crippen LogP contribution in [-0.2, 0) is 9.59 Å². The van der Waals surface area contributed by atoms with Crippen LogP contribution in [0.4, 0.5) is 11.4 Å². The van der Waals surface area contributed by atoms with Crippen LogP contribution >= 0.6 is 35.0 Å². The Bertz CT molecular complexity index is 1080. The molecule has 0 fully saturated rings. The Morgan fingerprint density at radius 3 is 2.47 bits per heavy atom. The third-order valence-corrected chi connectivity index (χ3v) is 6.27. The molecule has 8 heteroatoms. The predicted octanol–water partition coefficient (Wildman–Crippen LogP) is 6.52. The zero-order valence-corrected chi connectivity index (χ0v) is 19.6. The van der Waals surface area contributed by atoms with Crippen LogP contribution in [0.5, 0.6) is 5.75 Å². The first-order valence-electron chi connectivity index (χ1n) is 9.95. The molecule has 0 aliphatic rings. The Morgan fingerprint density at radius 2 is 1.75 bits per heavy atom. The van der Waals surface area contributed by atoms with Crippen LogP contribution in [0.1, 0.15) is 13.3 Å². The highest BCUT2D eigenvalue weighted by Crippen LogP contribution is 2.30. The number of carbonyl (C=O) groups is 2. The van der Waals surface area contributed by atoms with Gasteiger partial charge in [0.25, 0.3) is 5.91 Å². The molecule has 0 heterocycles. The molecule has 0 aliphatic carbocycles. The zero-order valence-electron chi connectivity index (χ0n) is 17.3. The summed E-state index contributed by atoms with van der Waals surface area (Å²) in [6, 6.07) is 21.4. The van der Waals surface area contributed by atoms with Crippen molar-refractivity contribution in [3.05, 3.63) is 82.8 Å². The molecule has 0 spiro atoms. The second-order valence-electron chi connectivity index (χ2n) is 6.81. The fourth-order valence-corrected chi connectivity index (χ4v) is 4.27. The quantitative estimate of drug-likeness (QED) is 0.336. The average Bonchev–Trinajstić information content (AvgIpc) is 2.79. The van der Waals surface area contributed by atoms with Crippen LogP contribution in [-0.4, -0.2) is 23.7 Å². The Labute approximate surface area is 201 Å². The lowest BCUT2D eigenvalue weighted by atomic mass is 10.2. The van der Waals surface area contributed by atoms with Crippen molar-refractivity contribution in [3.63, 3.8) is 0 Å². The van der Waals surface area contributed by atoms with Gasteiger partial charge in [-0.2, -0.15) is 0 Å². The molecule has 1 atom stereocenters. The number of hydrogen-bond donors (Lipinski definition) is 2. The standard InChI is InChI=1S/C24H22Cl2N2O3S/c1-2-22(24(30)28-21-12-11-16(25)13-20(21)26)32-19-10-6-7-17(14-19)27-23(29)15-31-18-8-4-3-5-9-18/h3-14,22H,2,15H2,1H3,(H,27,29)(H,28,30). The minimum absolute atomic E-state index is 0.0940. The molecular formula is C24H22Cl2N2O3S. The van der Waals surface area contributed by atoms with Crippen molar-refractivity contribution < 1.29 is 14.3 Å². The van der Waals surface area contributed by atoms with Gasteiger partial charge in [-0.15, -0.1) is 11.8 Å². The number of benzene rings is 3. The number of para-hydroxylation sites is 1. The first kappa shape index (κ1) is 24.0. The number of anilines is 2. The lowest BCUT2D eigenvalue weighted by molar-refractivity contribution is -0.118. The summed E-state index contributed by atoms with van der Waals surface area (Å²) < 4.78 is 5.47. The van der Waals surface area contributed by atoms with E-state index in [9.17, 15) is 9.59 Å². The summed E-state index contributed by atoms with van der Waals surface area (Å²) in [4.78, 5) is 25.8. The highest BCUT2D eigenvalue weighted by atomic mass is 35.5. The number of thioether (sulfide) groups is 1. The van der Waals surface area contributed by atoms with Crippen LogP contribution in [0.3, 0.4) is 0 Å². The van der Waals surface area contributed by atoms with Crippen molar-refractivity contribution in [2.24, 2.45) is 0 Å². The highest BCUT2D eigenvalue weighted by molar-refractivity contribution is 8.00. The molecule has 2 N–H and O–H groups in total. The summed E-state index contributed by atoms with van der Waals surface area (Å²) in [6.45, 7) is 1.84. The van der Waals surface area contributed by atoms with Crippen molar-refractivity contribution in [1.82, 2.24) is 0 Å². The maximum absolute atomic E-state index is 12.8. The van der Waals surface area contributed by atoms with E-state index in [0.29, 0.717) is 33.6 Å². The van der Waals surface area contributed by atoms with E-state index in [-0.39, 0.29) is 23.7 Å². The average molecular weight is 489 g/mol. The van der Waals surface area contributed by atoms with E-state index in [1.54, 1.807) is 36.4 Å². The molecule has 166 valence electrons. The van der Waals surface area contributed by atoms with Crippen LogP contribution in [0.25, 0.3) is 0 Å². The maximum Gasteiger partial charge on any atom is 0.262 e. The maximum atomic E-state index is 12.8. The lowest BCUT2D eigenvalue weighted by Gasteiger charge is -2.16. The summed E-state index contributed by atoms with van der Waals surface area (Å²) in [5, 5.41) is 6.22. The normalized spacial score (nSPS) is 11.5. The third kappa shape index (κ3) is 7.19. The number of hydrogen-bond acceptors (Lipinski definition) is 4. The van der Waals surface area contributed by atoms with E-state index in [0.717, 1.165) is 4.90 Å². The molecule has 0 saturated heterocycles. The van der Waals surface area contributed by atoms with Crippen LogP contribution in [0.2, 0.25) is 10.0 Å². The number of rotatable bonds is 9. The molecule has 3 aromatic carbocycles. The topological polar surface area (TPSA) is 67.4 Å². The molecule has 0 bridgehead atoms. The summed E-state index contributed by atoms with van der Waals surface area (Å²) in [5.41, 5.74) is 1.15. The molecular weight excluding hydrogens is 467 g/mol. The summed E-state index contributed by atoms with van der Waals surface area (Å²) in [7, 11) is 0. The van der Waals surface area contributed by atoms with Gasteiger partial charge in [0, 0.05) is 15.6 Å². The van der Waals surface area contributed by atoms with Crippen molar-refractivity contribution in [3.8, 4) is 5.75 Å². The SMILES string of the molecule is CCC(Sc1cccc(NC(=O)COc2ccccc2)c1)C(=O)Nc1ccc(Cl)cc1Cl. The van der Waals surface area contributed by atoms with E-state index in [1.165, 1.54) is 11.8 Å². The minimum atomic E-state index is -0.339. The fourth-order valence-electron chi connectivity index (χ4n) is 2.80. The molecule has 5 nitrogen and oxygen atoms in total. The summed E-state index contributed by atoms with van der Waals surface area (Å²) >= 11 is 13.5. The molecule has 0 aliphatic heterocycles. The summed E-state index contributed by atoms with van der Waals surface area (Å²) in [6.07, 6.45) is 0.614. The third-order valence-electron chi connectivity index (χ3n) is 4.36. The number of ether oxygens (including phenoxy) is 1. The lowest BCUT2D eigenvalue weighted by Crippen LogP contribution is -2.24. The Hall–Kier alpha value is -2.67. The predicted molar refractivity (Wildman–Crippen MR) is 132 cm³/mol. The molecule has 2 amide bonds. The Morgan fingerprint density at radius 1 is 0.969 bits per heavy atom. The van der Waals surface area contributed by atoms with Crippen molar-refractivity contribution in [1.29, 1.82) is 0 Å².